The van der Waals surface area contributed by atoms with E-state index in [0.717, 1.165) is 17.9 Å². The molecular formula is C15H23NO3. The lowest BCUT2D eigenvalue weighted by Gasteiger charge is -2.20. The summed E-state index contributed by atoms with van der Waals surface area (Å²) in [5, 5.41) is 12.2. The molecule has 1 aromatic carbocycles. The second-order valence-electron chi connectivity index (χ2n) is 5.41. The lowest BCUT2D eigenvalue weighted by molar-refractivity contribution is -0.146. The van der Waals surface area contributed by atoms with E-state index in [1.165, 1.54) is 0 Å². The Labute approximate surface area is 114 Å². The number of rotatable bonds is 7. The van der Waals surface area contributed by atoms with Gasteiger partial charge >= 0.3 is 5.97 Å². The van der Waals surface area contributed by atoms with Gasteiger partial charge in [-0.25, -0.2) is 0 Å². The maximum absolute atomic E-state index is 11.0. The Morgan fingerprint density at radius 2 is 2.16 bits per heavy atom. The largest absolute Gasteiger partial charge is 0.491 e. The zero-order valence-electron chi connectivity index (χ0n) is 12.1. The molecule has 106 valence electrons. The number of anilines is 1. The maximum atomic E-state index is 11.0. The Kier molecular flexibility index (Phi) is 5.21. The Morgan fingerprint density at radius 1 is 1.47 bits per heavy atom. The minimum absolute atomic E-state index is 0.172. The summed E-state index contributed by atoms with van der Waals surface area (Å²) in [6, 6.07) is 7.60. The van der Waals surface area contributed by atoms with Crippen LogP contribution in [0.15, 0.2) is 24.3 Å². The van der Waals surface area contributed by atoms with Crippen LogP contribution in [0.3, 0.4) is 0 Å². The van der Waals surface area contributed by atoms with Crippen molar-refractivity contribution in [2.24, 2.45) is 5.41 Å². The first kappa shape index (κ1) is 15.3. The molecule has 1 rings (SSSR count). The van der Waals surface area contributed by atoms with Gasteiger partial charge in [-0.1, -0.05) is 13.0 Å². The molecule has 0 bridgehead atoms. The number of aliphatic carboxylic acids is 1. The number of nitrogens with one attached hydrogen (secondary N) is 1. The Balaban J connectivity index is 2.65. The van der Waals surface area contributed by atoms with E-state index in [1.807, 2.05) is 31.2 Å². The molecule has 0 aliphatic rings. The highest BCUT2D eigenvalue weighted by Crippen LogP contribution is 2.21. The molecule has 0 saturated carbocycles. The molecule has 0 aliphatic heterocycles. The quantitative estimate of drug-likeness (QED) is 0.793. The smallest absolute Gasteiger partial charge is 0.310 e. The number of hydrogen-bond donors (Lipinski definition) is 2. The predicted molar refractivity (Wildman–Crippen MR) is 76.7 cm³/mol. The van der Waals surface area contributed by atoms with Crippen molar-refractivity contribution in [2.75, 3.05) is 11.9 Å². The summed E-state index contributed by atoms with van der Waals surface area (Å²) in [7, 11) is 0. The second kappa shape index (κ2) is 6.45. The van der Waals surface area contributed by atoms with Crippen molar-refractivity contribution in [1.82, 2.24) is 0 Å². The van der Waals surface area contributed by atoms with E-state index in [9.17, 15) is 4.79 Å². The van der Waals surface area contributed by atoms with E-state index in [2.05, 4.69) is 12.2 Å². The minimum atomic E-state index is -0.813. The van der Waals surface area contributed by atoms with Crippen LogP contribution in [0, 0.1) is 5.41 Å². The first-order chi connectivity index (χ1) is 8.85. The molecule has 0 aliphatic carbocycles. The van der Waals surface area contributed by atoms with Crippen LogP contribution >= 0.6 is 0 Å². The summed E-state index contributed by atoms with van der Waals surface area (Å²) in [5.74, 6) is -0.0144. The maximum Gasteiger partial charge on any atom is 0.310 e. The zero-order valence-corrected chi connectivity index (χ0v) is 12.1. The molecule has 4 nitrogen and oxygen atoms in total. The van der Waals surface area contributed by atoms with E-state index in [0.29, 0.717) is 6.54 Å². The first-order valence-corrected chi connectivity index (χ1v) is 6.59. The molecule has 2 N–H and O–H groups in total. The van der Waals surface area contributed by atoms with Gasteiger partial charge in [0.05, 0.1) is 11.5 Å². The summed E-state index contributed by atoms with van der Waals surface area (Å²) < 4.78 is 5.73. The second-order valence-corrected chi connectivity index (χ2v) is 5.41. The van der Waals surface area contributed by atoms with Gasteiger partial charge in [-0.05, 0) is 39.3 Å². The summed E-state index contributed by atoms with van der Waals surface area (Å²) in [4.78, 5) is 11.0. The molecule has 1 unspecified atom stereocenters. The van der Waals surface area contributed by atoms with Crippen LogP contribution in [-0.4, -0.2) is 23.7 Å². The highest BCUT2D eigenvalue weighted by molar-refractivity contribution is 5.74. The van der Waals surface area contributed by atoms with E-state index in [1.54, 1.807) is 13.8 Å². The van der Waals surface area contributed by atoms with Crippen LogP contribution in [0.5, 0.6) is 5.75 Å². The van der Waals surface area contributed by atoms with Gasteiger partial charge in [-0.15, -0.1) is 0 Å². The molecule has 0 amide bonds. The van der Waals surface area contributed by atoms with Crippen LogP contribution < -0.4 is 10.1 Å². The van der Waals surface area contributed by atoms with Crippen molar-refractivity contribution in [2.45, 2.75) is 40.2 Å². The van der Waals surface area contributed by atoms with E-state index in [-0.39, 0.29) is 6.10 Å². The van der Waals surface area contributed by atoms with E-state index in [4.69, 9.17) is 9.84 Å². The third kappa shape index (κ3) is 4.81. The molecule has 0 spiro atoms. The fourth-order valence-corrected chi connectivity index (χ4v) is 1.39. The van der Waals surface area contributed by atoms with Gasteiger partial charge in [-0.3, -0.25) is 4.79 Å². The van der Waals surface area contributed by atoms with Gasteiger partial charge in [0, 0.05) is 18.3 Å². The number of benzene rings is 1. The van der Waals surface area contributed by atoms with Crippen molar-refractivity contribution in [3.63, 3.8) is 0 Å². The van der Waals surface area contributed by atoms with Gasteiger partial charge in [0.25, 0.3) is 0 Å². The average Bonchev–Trinajstić information content (AvgIpc) is 2.36. The van der Waals surface area contributed by atoms with Crippen LogP contribution in [-0.2, 0) is 4.79 Å². The zero-order chi connectivity index (χ0) is 14.5. The minimum Gasteiger partial charge on any atom is -0.491 e. The fraction of sp³-hybridized carbons (Fsp3) is 0.533. The van der Waals surface area contributed by atoms with Crippen molar-refractivity contribution in [3.8, 4) is 5.75 Å². The number of carboxylic acids is 1. The highest BCUT2D eigenvalue weighted by atomic mass is 16.5. The molecule has 0 fully saturated rings. The van der Waals surface area contributed by atoms with Crippen LogP contribution in [0.4, 0.5) is 5.69 Å². The molecule has 19 heavy (non-hydrogen) atoms. The molecule has 4 heteroatoms. The van der Waals surface area contributed by atoms with Crippen LogP contribution in [0.25, 0.3) is 0 Å². The standard InChI is InChI=1S/C15H23NO3/c1-5-11(2)19-13-8-6-7-12(9-13)16-10-15(3,4)14(17)18/h6-9,11,16H,5,10H2,1-4H3,(H,17,18). The summed E-state index contributed by atoms with van der Waals surface area (Å²) in [5.41, 5.74) is 0.0724. The molecule has 1 aromatic rings. The van der Waals surface area contributed by atoms with Gasteiger partial charge in [-0.2, -0.15) is 0 Å². The lowest BCUT2D eigenvalue weighted by Crippen LogP contribution is -2.31. The molecule has 0 radical (unpaired) electrons. The van der Waals surface area contributed by atoms with Crippen LogP contribution in [0.2, 0.25) is 0 Å². The third-order valence-electron chi connectivity index (χ3n) is 3.06. The summed E-state index contributed by atoms with van der Waals surface area (Å²) >= 11 is 0. The summed E-state index contributed by atoms with van der Waals surface area (Å²) in [6.07, 6.45) is 1.12. The predicted octanol–water partition coefficient (Wildman–Crippen LogP) is 3.39. The Bertz CT molecular complexity index is 429. The SMILES string of the molecule is CCC(C)Oc1cccc(NCC(C)(C)C(=O)O)c1. The van der Waals surface area contributed by atoms with E-state index < -0.39 is 11.4 Å². The number of ether oxygens (including phenoxy) is 1. The van der Waals surface area contributed by atoms with Gasteiger partial charge in [0.15, 0.2) is 0 Å². The number of hydrogen-bond acceptors (Lipinski definition) is 3. The van der Waals surface area contributed by atoms with Crippen molar-refractivity contribution < 1.29 is 14.6 Å². The molecular weight excluding hydrogens is 242 g/mol. The van der Waals surface area contributed by atoms with Gasteiger partial charge < -0.3 is 15.2 Å². The summed E-state index contributed by atoms with van der Waals surface area (Å²) in [6.45, 7) is 7.86. The fourth-order valence-electron chi connectivity index (χ4n) is 1.39. The Hall–Kier alpha value is -1.71. The normalized spacial score (nSPS) is 12.8. The number of carboxylic acid groups (broad SMARTS) is 1. The Morgan fingerprint density at radius 3 is 2.74 bits per heavy atom. The molecule has 0 aromatic heterocycles. The third-order valence-corrected chi connectivity index (χ3v) is 3.06. The molecule has 1 atom stereocenters. The van der Waals surface area contributed by atoms with Crippen molar-refractivity contribution >= 4 is 11.7 Å². The van der Waals surface area contributed by atoms with Gasteiger partial charge in [0.1, 0.15) is 5.75 Å². The first-order valence-electron chi connectivity index (χ1n) is 6.59. The van der Waals surface area contributed by atoms with E-state index >= 15 is 0 Å². The van der Waals surface area contributed by atoms with Crippen molar-refractivity contribution in [3.05, 3.63) is 24.3 Å². The molecule has 0 saturated heterocycles. The average molecular weight is 265 g/mol. The number of carbonyl (C=O) groups is 1. The highest BCUT2D eigenvalue weighted by Gasteiger charge is 2.26. The van der Waals surface area contributed by atoms with Gasteiger partial charge in [0.2, 0.25) is 0 Å². The van der Waals surface area contributed by atoms with Crippen molar-refractivity contribution in [1.29, 1.82) is 0 Å². The lowest BCUT2D eigenvalue weighted by atomic mass is 9.94. The molecule has 0 heterocycles. The van der Waals surface area contributed by atoms with Crippen LogP contribution in [0.1, 0.15) is 34.1 Å². The monoisotopic (exact) mass is 265 g/mol. The topological polar surface area (TPSA) is 58.6 Å².